The number of hydrogen-bond acceptors (Lipinski definition) is 10. The molecule has 2 saturated heterocycles. The third kappa shape index (κ3) is 8.59. The van der Waals surface area contributed by atoms with E-state index < -0.39 is 0 Å². The molecule has 0 saturated carbocycles. The molecule has 2 aromatic carbocycles. The van der Waals surface area contributed by atoms with Crippen molar-refractivity contribution in [1.29, 1.82) is 0 Å². The van der Waals surface area contributed by atoms with Crippen molar-refractivity contribution < 1.29 is 29.3 Å². The van der Waals surface area contributed by atoms with Gasteiger partial charge in [-0.3, -0.25) is 29.4 Å². The predicted octanol–water partition coefficient (Wildman–Crippen LogP) is 5.20. The van der Waals surface area contributed by atoms with Crippen LogP contribution >= 0.6 is 0 Å². The van der Waals surface area contributed by atoms with Gasteiger partial charge in [0, 0.05) is 86.3 Å². The van der Waals surface area contributed by atoms with Crippen molar-refractivity contribution >= 4 is 23.2 Å². The highest BCUT2D eigenvalue weighted by molar-refractivity contribution is 6.05. The number of pyridine rings is 2. The van der Waals surface area contributed by atoms with E-state index in [1.807, 2.05) is 50.2 Å². The number of likely N-dealkylation sites (tertiary alicyclic amines) is 2. The maximum Gasteiger partial charge on any atom is 0.274 e. The van der Waals surface area contributed by atoms with Crippen LogP contribution in [-0.4, -0.2) is 94.4 Å². The number of anilines is 2. The van der Waals surface area contributed by atoms with Crippen LogP contribution in [0.4, 0.5) is 11.4 Å². The van der Waals surface area contributed by atoms with Gasteiger partial charge in [0.2, 0.25) is 0 Å². The van der Waals surface area contributed by atoms with E-state index in [-0.39, 0.29) is 35.4 Å². The molecular formula is C40H48N6O6. The molecule has 0 aliphatic carbocycles. The molecule has 274 valence electrons. The number of amides is 2. The van der Waals surface area contributed by atoms with E-state index in [0.29, 0.717) is 36.0 Å². The summed E-state index contributed by atoms with van der Waals surface area (Å²) in [6, 6.07) is 14.8. The summed E-state index contributed by atoms with van der Waals surface area (Å²) >= 11 is 0. The number of nitrogens with zero attached hydrogens (tertiary/aromatic N) is 4. The number of aliphatic hydroxyl groups is 2. The molecule has 2 aliphatic rings. The van der Waals surface area contributed by atoms with Gasteiger partial charge < -0.3 is 30.3 Å². The molecule has 0 unspecified atom stereocenters. The molecule has 4 heterocycles. The van der Waals surface area contributed by atoms with Gasteiger partial charge in [0.15, 0.2) is 0 Å². The van der Waals surface area contributed by atoms with Crippen molar-refractivity contribution in [2.24, 2.45) is 0 Å². The number of piperidine rings is 2. The predicted molar refractivity (Wildman–Crippen MR) is 200 cm³/mol. The molecule has 2 amide bonds. The maximum absolute atomic E-state index is 13.4. The maximum atomic E-state index is 13.4. The van der Waals surface area contributed by atoms with Crippen LogP contribution in [0, 0.1) is 13.8 Å². The second-order valence-corrected chi connectivity index (χ2v) is 13.6. The fraction of sp³-hybridized carbons (Fsp3) is 0.400. The molecule has 2 aromatic heterocycles. The summed E-state index contributed by atoms with van der Waals surface area (Å²) in [7, 11) is 3.17. The Kier molecular flexibility index (Phi) is 11.8. The Morgan fingerprint density at radius 1 is 0.692 bits per heavy atom. The molecule has 52 heavy (non-hydrogen) atoms. The Hall–Kier alpha value is -4.88. The zero-order chi connectivity index (χ0) is 36.8. The minimum atomic E-state index is -0.354. The van der Waals surface area contributed by atoms with Crippen molar-refractivity contribution in [1.82, 2.24) is 19.8 Å². The molecule has 12 heteroatoms. The van der Waals surface area contributed by atoms with E-state index in [1.54, 1.807) is 38.7 Å². The average Bonchev–Trinajstić information content (AvgIpc) is 3.15. The number of aliphatic hydroxyl groups excluding tert-OH is 2. The molecule has 2 aliphatic heterocycles. The Morgan fingerprint density at radius 3 is 1.44 bits per heavy atom. The van der Waals surface area contributed by atoms with Gasteiger partial charge in [-0.05, 0) is 73.9 Å². The fourth-order valence-corrected chi connectivity index (χ4v) is 6.93. The van der Waals surface area contributed by atoms with Gasteiger partial charge in [-0.1, -0.05) is 24.3 Å². The smallest absolute Gasteiger partial charge is 0.274 e. The van der Waals surface area contributed by atoms with Crippen molar-refractivity contribution in [3.63, 3.8) is 0 Å². The lowest BCUT2D eigenvalue weighted by Gasteiger charge is -2.29. The van der Waals surface area contributed by atoms with Crippen LogP contribution in [0.25, 0.3) is 11.1 Å². The van der Waals surface area contributed by atoms with Crippen LogP contribution in [0.3, 0.4) is 0 Å². The molecule has 2 fully saturated rings. The number of nitrogens with one attached hydrogen (secondary N) is 2. The van der Waals surface area contributed by atoms with Crippen LogP contribution in [-0.2, 0) is 13.1 Å². The largest absolute Gasteiger partial charge is 0.496 e. The van der Waals surface area contributed by atoms with E-state index >= 15 is 0 Å². The number of rotatable bonds is 11. The van der Waals surface area contributed by atoms with Gasteiger partial charge in [-0.25, -0.2) is 0 Å². The molecule has 0 radical (unpaired) electrons. The Labute approximate surface area is 304 Å². The monoisotopic (exact) mass is 708 g/mol. The standard InChI is InChI=1S/C40H48N6O6/c1-25-31(7-5-9-33(25)43-39(49)35-19-37(51-3)27(21-41-35)23-45-15-11-29(47)12-16-45)32-8-6-10-34(26(32)2)44-40(50)36-20-38(52-4)28(22-42-36)24-46-17-13-30(48)14-18-46/h5-10,19-22,29-30,47-48H,11-18,23-24H2,1-4H3,(H,43,49)(H,44,50). The molecule has 0 bridgehead atoms. The highest BCUT2D eigenvalue weighted by Gasteiger charge is 2.22. The number of methoxy groups -OCH3 is 2. The first-order valence-corrected chi connectivity index (χ1v) is 17.8. The fourth-order valence-electron chi connectivity index (χ4n) is 6.93. The highest BCUT2D eigenvalue weighted by atomic mass is 16.5. The van der Waals surface area contributed by atoms with Crippen molar-refractivity contribution in [2.75, 3.05) is 51.0 Å². The Morgan fingerprint density at radius 2 is 1.08 bits per heavy atom. The van der Waals surface area contributed by atoms with E-state index in [9.17, 15) is 19.8 Å². The molecular weight excluding hydrogens is 660 g/mol. The van der Waals surface area contributed by atoms with E-state index in [4.69, 9.17) is 9.47 Å². The molecule has 0 spiro atoms. The van der Waals surface area contributed by atoms with Crippen LogP contribution in [0.1, 0.15) is 68.9 Å². The summed E-state index contributed by atoms with van der Waals surface area (Å²) in [5.41, 5.74) is 7.09. The van der Waals surface area contributed by atoms with Crippen molar-refractivity contribution in [3.8, 4) is 22.6 Å². The van der Waals surface area contributed by atoms with Gasteiger partial charge in [0.25, 0.3) is 11.8 Å². The summed E-state index contributed by atoms with van der Waals surface area (Å²) in [6.07, 6.45) is 5.83. The molecule has 12 nitrogen and oxygen atoms in total. The van der Waals surface area contributed by atoms with Crippen LogP contribution in [0.2, 0.25) is 0 Å². The number of benzene rings is 2. The first kappa shape index (κ1) is 36.9. The summed E-state index contributed by atoms with van der Waals surface area (Å²) in [5.74, 6) is 0.477. The first-order valence-electron chi connectivity index (χ1n) is 17.8. The molecule has 4 aromatic rings. The molecule has 4 N–H and O–H groups in total. The lowest BCUT2D eigenvalue weighted by atomic mass is 9.94. The van der Waals surface area contributed by atoms with E-state index in [0.717, 1.165) is 85.2 Å². The first-order chi connectivity index (χ1) is 25.1. The van der Waals surface area contributed by atoms with Crippen LogP contribution in [0.5, 0.6) is 11.5 Å². The van der Waals surface area contributed by atoms with Crippen molar-refractivity contribution in [2.45, 2.75) is 64.8 Å². The number of carbonyl (C=O) groups excluding carboxylic acids is 2. The summed E-state index contributed by atoms with van der Waals surface area (Å²) in [6.45, 7) is 8.35. The minimum absolute atomic E-state index is 0.241. The van der Waals surface area contributed by atoms with Gasteiger partial charge in [0.1, 0.15) is 22.9 Å². The van der Waals surface area contributed by atoms with Crippen molar-refractivity contribution in [3.05, 3.63) is 94.6 Å². The van der Waals surface area contributed by atoms with Gasteiger partial charge in [0.05, 0.1) is 26.4 Å². The van der Waals surface area contributed by atoms with Gasteiger partial charge >= 0.3 is 0 Å². The Bertz CT molecular complexity index is 1760. The number of hydrogen-bond donors (Lipinski definition) is 4. The highest BCUT2D eigenvalue weighted by Crippen LogP contribution is 2.34. The minimum Gasteiger partial charge on any atom is -0.496 e. The second-order valence-electron chi connectivity index (χ2n) is 13.6. The third-order valence-corrected chi connectivity index (χ3v) is 10.1. The van der Waals surface area contributed by atoms with Gasteiger partial charge in [-0.15, -0.1) is 0 Å². The third-order valence-electron chi connectivity index (χ3n) is 10.1. The van der Waals surface area contributed by atoms with Crippen LogP contribution in [0.15, 0.2) is 60.9 Å². The van der Waals surface area contributed by atoms with E-state index in [2.05, 4.69) is 30.4 Å². The SMILES string of the molecule is COc1cc(C(=O)Nc2cccc(-c3cccc(NC(=O)c4cc(OC)c(CN5CCC(O)CC5)cn4)c3C)c2C)ncc1CN1CCC(O)CC1. The zero-order valence-electron chi connectivity index (χ0n) is 30.3. The lowest BCUT2D eigenvalue weighted by Crippen LogP contribution is -2.35. The molecule has 0 atom stereocenters. The lowest BCUT2D eigenvalue weighted by molar-refractivity contribution is 0.0786. The van der Waals surface area contributed by atoms with Gasteiger partial charge in [-0.2, -0.15) is 0 Å². The summed E-state index contributed by atoms with van der Waals surface area (Å²) in [5, 5.41) is 25.7. The number of aromatic nitrogens is 2. The summed E-state index contributed by atoms with van der Waals surface area (Å²) in [4.78, 5) is 40.3. The summed E-state index contributed by atoms with van der Waals surface area (Å²) < 4.78 is 11.3. The zero-order valence-corrected chi connectivity index (χ0v) is 30.3. The quantitative estimate of drug-likeness (QED) is 0.164. The number of ether oxygens (including phenoxy) is 2. The van der Waals surface area contributed by atoms with Crippen LogP contribution < -0.4 is 20.1 Å². The van der Waals surface area contributed by atoms with E-state index in [1.165, 1.54) is 0 Å². The normalized spacial score (nSPS) is 16.0. The molecule has 6 rings (SSSR count). The number of carbonyl (C=O) groups is 2. The topological polar surface area (TPSA) is 149 Å². The average molecular weight is 709 g/mol. The second kappa shape index (κ2) is 16.6. The Balaban J connectivity index is 1.15.